The molecule has 188 valence electrons. The van der Waals surface area contributed by atoms with Crippen LogP contribution in [0.4, 0.5) is 5.13 Å². The van der Waals surface area contributed by atoms with Crippen LogP contribution in [-0.4, -0.2) is 70.8 Å². The number of nitrogens with two attached hydrogens (primary N) is 2. The van der Waals surface area contributed by atoms with E-state index >= 15 is 0 Å². The number of likely N-dealkylation sites (tertiary alicyclic amines) is 1. The third-order valence-corrected chi connectivity index (χ3v) is 5.77. The maximum Gasteiger partial charge on any atom is 0.308 e. The van der Waals surface area contributed by atoms with E-state index in [0.29, 0.717) is 18.8 Å². The van der Waals surface area contributed by atoms with E-state index in [2.05, 4.69) is 20.6 Å². The van der Waals surface area contributed by atoms with Crippen LogP contribution in [-0.2, 0) is 19.1 Å². The van der Waals surface area contributed by atoms with Gasteiger partial charge in [-0.3, -0.25) is 19.2 Å². The number of aromatic nitrogens is 1. The van der Waals surface area contributed by atoms with Gasteiger partial charge in [0.1, 0.15) is 16.5 Å². The summed E-state index contributed by atoms with van der Waals surface area (Å²) < 4.78 is 5.32. The van der Waals surface area contributed by atoms with E-state index < -0.39 is 36.0 Å². The van der Waals surface area contributed by atoms with E-state index in [1.807, 2.05) is 0 Å². The second kappa shape index (κ2) is 11.8. The summed E-state index contributed by atoms with van der Waals surface area (Å²) in [5.41, 5.74) is 10.3. The molecule has 12 nitrogen and oxygen atoms in total. The van der Waals surface area contributed by atoms with Gasteiger partial charge < -0.3 is 31.7 Å². The highest BCUT2D eigenvalue weighted by atomic mass is 32.1. The molecule has 0 unspecified atom stereocenters. The topological polar surface area (TPSA) is 182 Å². The molecular weight excluding hydrogens is 462 g/mol. The van der Waals surface area contributed by atoms with Gasteiger partial charge in [0.2, 0.25) is 16.9 Å². The second-order valence-electron chi connectivity index (χ2n) is 8.93. The minimum Gasteiger partial charge on any atom is -0.460 e. The number of guanidine groups is 1. The van der Waals surface area contributed by atoms with Crippen LogP contribution >= 0.6 is 11.3 Å². The van der Waals surface area contributed by atoms with Gasteiger partial charge in [0.25, 0.3) is 5.91 Å². The Labute approximate surface area is 202 Å². The van der Waals surface area contributed by atoms with Crippen LogP contribution in [0.25, 0.3) is 0 Å². The first-order valence-electron chi connectivity index (χ1n) is 11.0. The number of nitrogens with one attached hydrogen (secondary N) is 2. The van der Waals surface area contributed by atoms with Gasteiger partial charge in [-0.15, -0.1) is 0 Å². The van der Waals surface area contributed by atoms with Crippen LogP contribution in [0.15, 0.2) is 4.99 Å². The summed E-state index contributed by atoms with van der Waals surface area (Å²) in [6.07, 6.45) is 2.46. The third kappa shape index (κ3) is 8.61. The summed E-state index contributed by atoms with van der Waals surface area (Å²) in [5.74, 6) is -2.27. The fraction of sp³-hybridized carbons (Fsp3) is 0.619. The first-order valence-corrected chi connectivity index (χ1v) is 11.8. The Balaban J connectivity index is 2.02. The van der Waals surface area contributed by atoms with Crippen molar-refractivity contribution in [1.29, 1.82) is 0 Å². The normalized spacial score (nSPS) is 14.6. The Morgan fingerprint density at radius 1 is 1.18 bits per heavy atom. The molecule has 1 saturated heterocycles. The Morgan fingerprint density at radius 2 is 1.82 bits per heavy atom. The molecule has 2 rings (SSSR count). The SMILES string of the molecule is Cc1nc(N=C(N)N)sc1C(=O)NCC(=O)N[C@@H](CC(=O)OC(C)(C)C)C(=O)N1CCCCC1. The molecule has 1 atom stereocenters. The number of aliphatic imine (C=N–C) groups is 1. The summed E-state index contributed by atoms with van der Waals surface area (Å²) in [6.45, 7) is 7.52. The Hall–Kier alpha value is -3.22. The Bertz CT molecular complexity index is 944. The van der Waals surface area contributed by atoms with Crippen molar-refractivity contribution >= 4 is 46.1 Å². The fourth-order valence-electron chi connectivity index (χ4n) is 3.32. The summed E-state index contributed by atoms with van der Waals surface area (Å²) in [7, 11) is 0. The van der Waals surface area contributed by atoms with Crippen molar-refractivity contribution in [3.05, 3.63) is 10.6 Å². The number of hydrogen-bond donors (Lipinski definition) is 4. The molecule has 1 aliphatic heterocycles. The highest BCUT2D eigenvalue weighted by molar-refractivity contribution is 7.17. The largest absolute Gasteiger partial charge is 0.460 e. The maximum atomic E-state index is 13.0. The number of carbonyl (C=O) groups excluding carboxylic acids is 4. The number of hydrogen-bond acceptors (Lipinski definition) is 8. The minimum absolute atomic E-state index is 0.186. The second-order valence-corrected chi connectivity index (χ2v) is 9.90. The highest BCUT2D eigenvalue weighted by Crippen LogP contribution is 2.24. The third-order valence-electron chi connectivity index (χ3n) is 4.72. The molecule has 6 N–H and O–H groups in total. The molecule has 3 amide bonds. The maximum absolute atomic E-state index is 13.0. The minimum atomic E-state index is -1.09. The summed E-state index contributed by atoms with van der Waals surface area (Å²) in [5, 5.41) is 5.28. The molecule has 0 aliphatic carbocycles. The monoisotopic (exact) mass is 495 g/mol. The predicted molar refractivity (Wildman–Crippen MR) is 127 cm³/mol. The van der Waals surface area contributed by atoms with E-state index in [1.54, 1.807) is 32.6 Å². The van der Waals surface area contributed by atoms with Crippen LogP contribution in [0.1, 0.15) is 61.8 Å². The van der Waals surface area contributed by atoms with Gasteiger partial charge in [-0.05, 0) is 47.0 Å². The van der Waals surface area contributed by atoms with Crippen molar-refractivity contribution in [2.75, 3.05) is 19.6 Å². The number of ether oxygens (including phenoxy) is 1. The Kier molecular flexibility index (Phi) is 9.36. The first-order chi connectivity index (χ1) is 15.9. The van der Waals surface area contributed by atoms with E-state index in [1.165, 1.54) is 0 Å². The molecule has 2 heterocycles. The number of nitrogens with zero attached hydrogens (tertiary/aromatic N) is 3. The Morgan fingerprint density at radius 3 is 2.41 bits per heavy atom. The molecule has 0 bridgehead atoms. The van der Waals surface area contributed by atoms with E-state index in [0.717, 1.165) is 30.6 Å². The van der Waals surface area contributed by atoms with E-state index in [-0.39, 0.29) is 28.3 Å². The smallest absolute Gasteiger partial charge is 0.308 e. The van der Waals surface area contributed by atoms with Crippen molar-refractivity contribution in [3.8, 4) is 0 Å². The lowest BCUT2D eigenvalue weighted by molar-refractivity contribution is -0.157. The molecule has 0 aromatic carbocycles. The molecular formula is C21H33N7O5S. The fourth-order valence-corrected chi connectivity index (χ4v) is 4.20. The molecule has 1 aromatic heterocycles. The molecule has 0 radical (unpaired) electrons. The standard InChI is InChI=1S/C21H33N7O5S/c1-12-16(34-20(25-12)27-19(22)23)17(31)24-11-14(29)26-13(10-15(30)33-21(2,3)4)18(32)28-8-6-5-7-9-28/h13H,5-11H2,1-4H3,(H,24,31)(H,26,29)(H4,22,23,25,27)/t13-/m0/s1. The van der Waals surface area contributed by atoms with Crippen molar-refractivity contribution in [1.82, 2.24) is 20.5 Å². The van der Waals surface area contributed by atoms with Crippen LogP contribution in [0, 0.1) is 6.92 Å². The van der Waals surface area contributed by atoms with Gasteiger partial charge in [0.05, 0.1) is 18.7 Å². The van der Waals surface area contributed by atoms with Gasteiger partial charge >= 0.3 is 5.97 Å². The molecule has 1 aliphatic rings. The van der Waals surface area contributed by atoms with Gasteiger partial charge in [-0.2, -0.15) is 4.99 Å². The lowest BCUT2D eigenvalue weighted by Crippen LogP contribution is -2.52. The average Bonchev–Trinajstić information content (AvgIpc) is 3.09. The zero-order chi connectivity index (χ0) is 25.5. The summed E-state index contributed by atoms with van der Waals surface area (Å²) in [4.78, 5) is 60.2. The lowest BCUT2D eigenvalue weighted by Gasteiger charge is -2.31. The van der Waals surface area contributed by atoms with Gasteiger partial charge in [-0.25, -0.2) is 4.98 Å². The van der Waals surface area contributed by atoms with E-state index in [4.69, 9.17) is 16.2 Å². The van der Waals surface area contributed by atoms with Crippen molar-refractivity contribution in [2.24, 2.45) is 16.5 Å². The number of thiazole rings is 1. The molecule has 0 saturated carbocycles. The van der Waals surface area contributed by atoms with Crippen molar-refractivity contribution in [3.63, 3.8) is 0 Å². The van der Waals surface area contributed by atoms with Crippen LogP contribution < -0.4 is 22.1 Å². The zero-order valence-corrected chi connectivity index (χ0v) is 20.8. The van der Waals surface area contributed by atoms with Gasteiger partial charge in [0, 0.05) is 13.1 Å². The van der Waals surface area contributed by atoms with Gasteiger partial charge in [-0.1, -0.05) is 11.3 Å². The first kappa shape index (κ1) is 27.0. The number of esters is 1. The number of carbonyl (C=O) groups is 4. The molecule has 34 heavy (non-hydrogen) atoms. The van der Waals surface area contributed by atoms with Crippen LogP contribution in [0.3, 0.4) is 0 Å². The lowest BCUT2D eigenvalue weighted by atomic mass is 10.1. The molecule has 1 aromatic rings. The zero-order valence-electron chi connectivity index (χ0n) is 20.0. The number of rotatable bonds is 8. The van der Waals surface area contributed by atoms with E-state index in [9.17, 15) is 19.2 Å². The van der Waals surface area contributed by atoms with Gasteiger partial charge in [0.15, 0.2) is 5.96 Å². The number of piperidine rings is 1. The predicted octanol–water partition coefficient (Wildman–Crippen LogP) is 0.315. The summed E-state index contributed by atoms with van der Waals surface area (Å²) >= 11 is 0.974. The molecule has 1 fully saturated rings. The number of aryl methyl sites for hydroxylation is 1. The van der Waals surface area contributed by atoms with Crippen molar-refractivity contribution in [2.45, 2.75) is 65.0 Å². The summed E-state index contributed by atoms with van der Waals surface area (Å²) in [6, 6.07) is -1.09. The average molecular weight is 496 g/mol. The number of amides is 3. The quantitative estimate of drug-likeness (QED) is 0.226. The van der Waals surface area contributed by atoms with Crippen LogP contribution in [0.2, 0.25) is 0 Å². The van der Waals surface area contributed by atoms with Crippen molar-refractivity contribution < 1.29 is 23.9 Å². The van der Waals surface area contributed by atoms with Crippen LogP contribution in [0.5, 0.6) is 0 Å². The molecule has 13 heteroatoms. The molecule has 0 spiro atoms. The highest BCUT2D eigenvalue weighted by Gasteiger charge is 2.31.